The van der Waals surface area contributed by atoms with Crippen LogP contribution in [0.15, 0.2) is 90.1 Å². The highest BCUT2D eigenvalue weighted by Gasteiger charge is 2.20. The van der Waals surface area contributed by atoms with Gasteiger partial charge in [0, 0.05) is 5.69 Å². The van der Waals surface area contributed by atoms with Crippen molar-refractivity contribution in [2.75, 3.05) is 12.9 Å². The quantitative estimate of drug-likeness (QED) is 0.391. The molecule has 1 atom stereocenters. The molecule has 32 heavy (non-hydrogen) atoms. The molecular formula is C25H24N4O2S. The average molecular weight is 445 g/mol. The summed E-state index contributed by atoms with van der Waals surface area (Å²) in [6.45, 7) is 1.98. The van der Waals surface area contributed by atoms with E-state index in [-0.39, 0.29) is 17.7 Å². The van der Waals surface area contributed by atoms with Crippen molar-refractivity contribution in [2.45, 2.75) is 18.1 Å². The zero-order valence-corrected chi connectivity index (χ0v) is 18.8. The van der Waals surface area contributed by atoms with E-state index in [1.165, 1.54) is 11.8 Å². The van der Waals surface area contributed by atoms with E-state index in [0.29, 0.717) is 16.7 Å². The number of aromatic nitrogens is 3. The summed E-state index contributed by atoms with van der Waals surface area (Å²) < 4.78 is 7.49. The summed E-state index contributed by atoms with van der Waals surface area (Å²) in [5.41, 5.74) is 2.82. The van der Waals surface area contributed by atoms with Crippen molar-refractivity contribution < 1.29 is 9.53 Å². The van der Waals surface area contributed by atoms with E-state index in [2.05, 4.69) is 15.5 Å². The van der Waals surface area contributed by atoms with Gasteiger partial charge in [0.25, 0.3) is 0 Å². The number of methoxy groups -OCH3 is 1. The molecule has 162 valence electrons. The molecule has 0 spiro atoms. The van der Waals surface area contributed by atoms with Gasteiger partial charge in [-0.3, -0.25) is 9.36 Å². The lowest BCUT2D eigenvalue weighted by Gasteiger charge is -2.14. The van der Waals surface area contributed by atoms with Gasteiger partial charge in [-0.1, -0.05) is 72.4 Å². The minimum absolute atomic E-state index is 0.0622. The van der Waals surface area contributed by atoms with Gasteiger partial charge in [0.2, 0.25) is 5.91 Å². The summed E-state index contributed by atoms with van der Waals surface area (Å²) in [6.07, 6.45) is 0. The average Bonchev–Trinajstić information content (AvgIpc) is 3.27. The smallest absolute Gasteiger partial charge is 0.230 e. The molecule has 0 aliphatic rings. The van der Waals surface area contributed by atoms with Crippen molar-refractivity contribution in [3.8, 4) is 22.8 Å². The normalized spacial score (nSPS) is 11.7. The summed E-state index contributed by atoms with van der Waals surface area (Å²) >= 11 is 1.35. The Balaban J connectivity index is 1.58. The highest BCUT2D eigenvalue weighted by Crippen LogP contribution is 2.33. The topological polar surface area (TPSA) is 69.0 Å². The number of rotatable bonds is 8. The molecule has 7 heteroatoms. The van der Waals surface area contributed by atoms with Gasteiger partial charge in [0.15, 0.2) is 11.0 Å². The van der Waals surface area contributed by atoms with Crippen LogP contribution in [0.25, 0.3) is 17.1 Å². The van der Waals surface area contributed by atoms with Crippen LogP contribution < -0.4 is 10.1 Å². The van der Waals surface area contributed by atoms with Crippen LogP contribution in [0.3, 0.4) is 0 Å². The first-order valence-electron chi connectivity index (χ1n) is 10.3. The molecule has 0 bridgehead atoms. The first-order valence-corrected chi connectivity index (χ1v) is 11.3. The van der Waals surface area contributed by atoms with Crippen LogP contribution in [-0.4, -0.2) is 33.5 Å². The fraction of sp³-hybridized carbons (Fsp3) is 0.160. The largest absolute Gasteiger partial charge is 0.496 e. The third kappa shape index (κ3) is 4.84. The Kier molecular flexibility index (Phi) is 6.87. The van der Waals surface area contributed by atoms with Crippen molar-refractivity contribution in [2.24, 2.45) is 0 Å². The standard InChI is InChI=1S/C25H24N4O2S/c1-18(19-11-5-3-6-12-19)26-23(30)17-32-25-28-27-24(21-15-9-10-16-22(21)31-2)29(25)20-13-7-4-8-14-20/h3-16,18H,17H2,1-2H3,(H,26,30). The van der Waals surface area contributed by atoms with Crippen molar-refractivity contribution in [3.63, 3.8) is 0 Å². The second-order valence-corrected chi connectivity index (χ2v) is 8.11. The van der Waals surface area contributed by atoms with Crippen LogP contribution in [0.5, 0.6) is 5.75 Å². The van der Waals surface area contributed by atoms with E-state index >= 15 is 0 Å². The number of carbonyl (C=O) groups is 1. The molecule has 4 aromatic rings. The first-order chi connectivity index (χ1) is 15.7. The molecule has 1 amide bonds. The van der Waals surface area contributed by atoms with Crippen LogP contribution in [0.2, 0.25) is 0 Å². The number of hydrogen-bond acceptors (Lipinski definition) is 5. The maximum atomic E-state index is 12.6. The van der Waals surface area contributed by atoms with Crippen molar-refractivity contribution in [1.82, 2.24) is 20.1 Å². The van der Waals surface area contributed by atoms with Gasteiger partial charge < -0.3 is 10.1 Å². The van der Waals surface area contributed by atoms with Crippen LogP contribution >= 0.6 is 11.8 Å². The molecule has 0 fully saturated rings. The van der Waals surface area contributed by atoms with Gasteiger partial charge in [0.1, 0.15) is 5.75 Å². The fourth-order valence-corrected chi connectivity index (χ4v) is 4.18. The van der Waals surface area contributed by atoms with Gasteiger partial charge in [-0.25, -0.2) is 0 Å². The van der Waals surface area contributed by atoms with E-state index in [1.807, 2.05) is 96.4 Å². The maximum absolute atomic E-state index is 12.6. The number of ether oxygens (including phenoxy) is 1. The minimum atomic E-state index is -0.0690. The zero-order valence-electron chi connectivity index (χ0n) is 17.9. The summed E-state index contributed by atoms with van der Waals surface area (Å²) in [6, 6.07) is 27.4. The molecular weight excluding hydrogens is 420 g/mol. The molecule has 0 aliphatic heterocycles. The second kappa shape index (κ2) is 10.2. The zero-order chi connectivity index (χ0) is 22.3. The molecule has 0 radical (unpaired) electrons. The molecule has 0 saturated heterocycles. The molecule has 1 aromatic heterocycles. The van der Waals surface area contributed by atoms with Crippen LogP contribution in [0.1, 0.15) is 18.5 Å². The molecule has 1 unspecified atom stereocenters. The predicted molar refractivity (Wildman–Crippen MR) is 127 cm³/mol. The molecule has 0 aliphatic carbocycles. The van der Waals surface area contributed by atoms with Gasteiger partial charge in [-0.05, 0) is 36.8 Å². The lowest BCUT2D eigenvalue weighted by atomic mass is 10.1. The van der Waals surface area contributed by atoms with E-state index in [1.54, 1.807) is 7.11 Å². The van der Waals surface area contributed by atoms with Gasteiger partial charge in [-0.15, -0.1) is 10.2 Å². The van der Waals surface area contributed by atoms with Crippen molar-refractivity contribution >= 4 is 17.7 Å². The minimum Gasteiger partial charge on any atom is -0.496 e. The third-order valence-corrected chi connectivity index (χ3v) is 5.93. The maximum Gasteiger partial charge on any atom is 0.230 e. The Morgan fingerprint density at radius 2 is 1.62 bits per heavy atom. The van der Waals surface area contributed by atoms with E-state index < -0.39 is 0 Å². The molecule has 4 rings (SSSR count). The number of thioether (sulfide) groups is 1. The number of benzene rings is 3. The van der Waals surface area contributed by atoms with Gasteiger partial charge in [0.05, 0.1) is 24.5 Å². The highest BCUT2D eigenvalue weighted by atomic mass is 32.2. The molecule has 1 N–H and O–H groups in total. The molecule has 1 heterocycles. The summed E-state index contributed by atoms with van der Waals surface area (Å²) in [7, 11) is 1.63. The Hall–Kier alpha value is -3.58. The Labute approximate surface area is 191 Å². The Bertz CT molecular complexity index is 1180. The highest BCUT2D eigenvalue weighted by molar-refractivity contribution is 7.99. The first kappa shape index (κ1) is 21.6. The number of amides is 1. The SMILES string of the molecule is COc1ccccc1-c1nnc(SCC(=O)NC(C)c2ccccc2)n1-c1ccccc1. The van der Waals surface area contributed by atoms with Crippen LogP contribution in [0.4, 0.5) is 0 Å². The number of nitrogens with one attached hydrogen (secondary N) is 1. The number of carbonyl (C=O) groups excluding carboxylic acids is 1. The second-order valence-electron chi connectivity index (χ2n) is 7.17. The Morgan fingerprint density at radius 1 is 0.969 bits per heavy atom. The predicted octanol–water partition coefficient (Wildman–Crippen LogP) is 4.91. The monoisotopic (exact) mass is 444 g/mol. The van der Waals surface area contributed by atoms with Gasteiger partial charge in [-0.2, -0.15) is 0 Å². The fourth-order valence-electron chi connectivity index (χ4n) is 3.42. The lowest BCUT2D eigenvalue weighted by molar-refractivity contribution is -0.119. The molecule has 0 saturated carbocycles. The van der Waals surface area contributed by atoms with E-state index in [0.717, 1.165) is 16.8 Å². The Morgan fingerprint density at radius 3 is 2.34 bits per heavy atom. The summed E-state index contributed by atoms with van der Waals surface area (Å²) in [5, 5.41) is 12.5. The number of para-hydroxylation sites is 2. The van der Waals surface area contributed by atoms with Crippen LogP contribution in [0, 0.1) is 0 Å². The molecule has 6 nitrogen and oxygen atoms in total. The molecule has 3 aromatic carbocycles. The number of nitrogens with zero attached hydrogens (tertiary/aromatic N) is 3. The van der Waals surface area contributed by atoms with Crippen molar-refractivity contribution in [3.05, 3.63) is 90.5 Å². The third-order valence-electron chi connectivity index (χ3n) is 5.01. The summed E-state index contributed by atoms with van der Waals surface area (Å²) in [5.74, 6) is 1.54. The van der Waals surface area contributed by atoms with E-state index in [4.69, 9.17) is 4.74 Å². The van der Waals surface area contributed by atoms with Gasteiger partial charge >= 0.3 is 0 Å². The van der Waals surface area contributed by atoms with Crippen molar-refractivity contribution in [1.29, 1.82) is 0 Å². The van der Waals surface area contributed by atoms with E-state index in [9.17, 15) is 4.79 Å². The lowest BCUT2D eigenvalue weighted by Crippen LogP contribution is -2.28. The number of hydrogen-bond donors (Lipinski definition) is 1. The summed E-state index contributed by atoms with van der Waals surface area (Å²) in [4.78, 5) is 12.6. The van der Waals surface area contributed by atoms with Crippen LogP contribution in [-0.2, 0) is 4.79 Å².